The molecular formula is C24H18N8O2. The maximum absolute atomic E-state index is 13.2. The Kier molecular flexibility index (Phi) is 5.45. The normalized spacial score (nSPS) is 11.2. The van der Waals surface area contributed by atoms with Crippen molar-refractivity contribution in [1.82, 2.24) is 25.0 Å². The van der Waals surface area contributed by atoms with Gasteiger partial charge < -0.3 is 10.4 Å². The molecule has 0 aliphatic carbocycles. The summed E-state index contributed by atoms with van der Waals surface area (Å²) in [6, 6.07) is 18.0. The SMILES string of the molecule is Cc1ccc(NC(=O)c2c(O)c(N=Nc3cnnn3-c3ncccn3)cc3ccccc23)cc1. The molecule has 10 heteroatoms. The molecule has 0 bridgehead atoms. The lowest BCUT2D eigenvalue weighted by atomic mass is 10.0. The highest BCUT2D eigenvalue weighted by Gasteiger charge is 2.20. The molecule has 3 aromatic carbocycles. The van der Waals surface area contributed by atoms with E-state index in [4.69, 9.17) is 0 Å². The predicted molar refractivity (Wildman–Crippen MR) is 126 cm³/mol. The third kappa shape index (κ3) is 4.07. The molecule has 10 nitrogen and oxygen atoms in total. The van der Waals surface area contributed by atoms with Gasteiger partial charge in [-0.25, -0.2) is 9.97 Å². The van der Waals surface area contributed by atoms with Gasteiger partial charge in [-0.2, -0.15) is 4.68 Å². The first-order valence-corrected chi connectivity index (χ1v) is 10.3. The van der Waals surface area contributed by atoms with E-state index in [0.717, 1.165) is 10.9 Å². The standard InChI is InChI=1S/C24H18N8O2/c1-15-7-9-17(10-8-15)28-23(34)21-18-6-3-2-5-16(18)13-19(22(21)33)29-30-20-14-27-31-32(20)24-25-11-4-12-26-24/h2-14,33H,1H3,(H,28,34). The van der Waals surface area contributed by atoms with Crippen LogP contribution in [-0.4, -0.2) is 36.0 Å². The lowest BCUT2D eigenvalue weighted by Crippen LogP contribution is -2.12. The minimum atomic E-state index is -0.459. The highest BCUT2D eigenvalue weighted by molar-refractivity contribution is 6.16. The molecule has 0 radical (unpaired) electrons. The Morgan fingerprint density at radius 1 is 1.00 bits per heavy atom. The van der Waals surface area contributed by atoms with Crippen LogP contribution in [-0.2, 0) is 0 Å². The average Bonchev–Trinajstić information content (AvgIpc) is 3.33. The highest BCUT2D eigenvalue weighted by Crippen LogP contribution is 2.38. The lowest BCUT2D eigenvalue weighted by molar-refractivity contribution is 0.102. The zero-order chi connectivity index (χ0) is 23.5. The summed E-state index contributed by atoms with van der Waals surface area (Å²) in [5.41, 5.74) is 1.91. The van der Waals surface area contributed by atoms with Crippen LogP contribution in [0.4, 0.5) is 17.2 Å². The van der Waals surface area contributed by atoms with Gasteiger partial charge in [0.2, 0.25) is 5.82 Å². The Morgan fingerprint density at radius 3 is 2.56 bits per heavy atom. The number of carbonyl (C=O) groups excluding carboxylic acids is 1. The van der Waals surface area contributed by atoms with Crippen molar-refractivity contribution in [3.05, 3.63) is 90.4 Å². The van der Waals surface area contributed by atoms with Crippen LogP contribution in [0.3, 0.4) is 0 Å². The maximum Gasteiger partial charge on any atom is 0.260 e. The summed E-state index contributed by atoms with van der Waals surface area (Å²) in [5.74, 6) is -0.222. The van der Waals surface area contributed by atoms with Crippen molar-refractivity contribution in [2.45, 2.75) is 6.92 Å². The Bertz CT molecular complexity index is 1510. The molecule has 0 unspecified atom stereocenters. The molecule has 0 aliphatic rings. The van der Waals surface area contributed by atoms with Crippen molar-refractivity contribution >= 4 is 33.9 Å². The highest BCUT2D eigenvalue weighted by atomic mass is 16.3. The Morgan fingerprint density at radius 2 is 1.76 bits per heavy atom. The summed E-state index contributed by atoms with van der Waals surface area (Å²) < 4.78 is 1.31. The third-order valence-electron chi connectivity index (χ3n) is 5.07. The van der Waals surface area contributed by atoms with Crippen LogP contribution in [0.1, 0.15) is 15.9 Å². The van der Waals surface area contributed by atoms with E-state index in [9.17, 15) is 9.90 Å². The number of rotatable bonds is 5. The monoisotopic (exact) mass is 450 g/mol. The lowest BCUT2D eigenvalue weighted by Gasteiger charge is -2.12. The Labute approximate surface area is 193 Å². The molecule has 166 valence electrons. The molecule has 2 heterocycles. The van der Waals surface area contributed by atoms with E-state index in [1.165, 1.54) is 10.9 Å². The van der Waals surface area contributed by atoms with E-state index in [0.29, 0.717) is 11.1 Å². The van der Waals surface area contributed by atoms with Gasteiger partial charge in [-0.15, -0.1) is 15.3 Å². The second-order valence-electron chi connectivity index (χ2n) is 7.41. The van der Waals surface area contributed by atoms with Gasteiger partial charge in [-0.1, -0.05) is 47.2 Å². The first kappa shape index (κ1) is 20.9. The van der Waals surface area contributed by atoms with Crippen molar-refractivity contribution in [2.24, 2.45) is 10.2 Å². The van der Waals surface area contributed by atoms with Crippen molar-refractivity contribution < 1.29 is 9.90 Å². The van der Waals surface area contributed by atoms with E-state index in [1.807, 2.05) is 31.2 Å². The van der Waals surface area contributed by atoms with Crippen molar-refractivity contribution in [2.75, 3.05) is 5.32 Å². The van der Waals surface area contributed by atoms with Crippen LogP contribution in [0, 0.1) is 6.92 Å². The third-order valence-corrected chi connectivity index (χ3v) is 5.07. The summed E-state index contributed by atoms with van der Waals surface area (Å²) in [5, 5.41) is 31.3. The number of aromatic nitrogens is 5. The molecule has 34 heavy (non-hydrogen) atoms. The van der Waals surface area contributed by atoms with Crippen LogP contribution in [0.25, 0.3) is 16.7 Å². The van der Waals surface area contributed by atoms with Gasteiger partial charge >= 0.3 is 0 Å². The van der Waals surface area contributed by atoms with Crippen LogP contribution in [0.15, 0.2) is 89.5 Å². The minimum absolute atomic E-state index is 0.102. The van der Waals surface area contributed by atoms with Crippen LogP contribution in [0.5, 0.6) is 5.75 Å². The fourth-order valence-corrected chi connectivity index (χ4v) is 3.40. The molecule has 0 atom stereocenters. The largest absolute Gasteiger partial charge is 0.505 e. The van der Waals surface area contributed by atoms with E-state index < -0.39 is 5.91 Å². The summed E-state index contributed by atoms with van der Waals surface area (Å²) in [7, 11) is 0. The zero-order valence-electron chi connectivity index (χ0n) is 18.0. The number of phenolic OH excluding ortho intramolecular Hbond substituents is 1. The molecule has 0 fully saturated rings. The van der Waals surface area contributed by atoms with Crippen LogP contribution < -0.4 is 5.32 Å². The molecule has 1 amide bonds. The molecule has 0 spiro atoms. The summed E-state index contributed by atoms with van der Waals surface area (Å²) in [4.78, 5) is 21.4. The van der Waals surface area contributed by atoms with Crippen LogP contribution >= 0.6 is 0 Å². The van der Waals surface area contributed by atoms with Gasteiger partial charge in [0.25, 0.3) is 11.9 Å². The number of phenols is 1. The topological polar surface area (TPSA) is 131 Å². The fourth-order valence-electron chi connectivity index (χ4n) is 3.40. The van der Waals surface area contributed by atoms with Gasteiger partial charge in [-0.05, 0) is 42.0 Å². The van der Waals surface area contributed by atoms with Gasteiger partial charge in [-0.3, -0.25) is 4.79 Å². The fraction of sp³-hybridized carbons (Fsp3) is 0.0417. The van der Waals surface area contributed by atoms with Gasteiger partial charge in [0.15, 0.2) is 5.75 Å². The Hall–Kier alpha value is -4.99. The average molecular weight is 450 g/mol. The van der Waals surface area contributed by atoms with Gasteiger partial charge in [0, 0.05) is 18.1 Å². The molecule has 0 saturated carbocycles. The number of carbonyl (C=O) groups is 1. The van der Waals surface area contributed by atoms with Crippen molar-refractivity contribution in [3.8, 4) is 11.7 Å². The van der Waals surface area contributed by atoms with E-state index >= 15 is 0 Å². The number of aryl methyl sites for hydroxylation is 1. The number of azo groups is 1. The summed E-state index contributed by atoms with van der Waals surface area (Å²) >= 11 is 0. The molecule has 0 saturated heterocycles. The molecule has 5 rings (SSSR count). The number of anilines is 1. The molecular weight excluding hydrogens is 432 g/mol. The first-order chi connectivity index (χ1) is 16.6. The van der Waals surface area contributed by atoms with Crippen molar-refractivity contribution in [3.63, 3.8) is 0 Å². The number of benzene rings is 3. The van der Waals surface area contributed by atoms with Crippen molar-refractivity contribution in [1.29, 1.82) is 0 Å². The van der Waals surface area contributed by atoms with Gasteiger partial charge in [0.05, 0.1) is 11.8 Å². The summed E-state index contributed by atoms with van der Waals surface area (Å²) in [6.45, 7) is 1.96. The zero-order valence-corrected chi connectivity index (χ0v) is 18.0. The maximum atomic E-state index is 13.2. The van der Waals surface area contributed by atoms with E-state index in [2.05, 4.69) is 35.8 Å². The number of amides is 1. The molecule has 2 aromatic heterocycles. The summed E-state index contributed by atoms with van der Waals surface area (Å²) in [6.07, 6.45) is 4.53. The number of aromatic hydroxyl groups is 1. The number of nitrogens with one attached hydrogen (secondary N) is 1. The smallest absolute Gasteiger partial charge is 0.260 e. The molecule has 5 aromatic rings. The van der Waals surface area contributed by atoms with E-state index in [1.54, 1.807) is 48.8 Å². The number of fused-ring (bicyclic) bond motifs is 1. The first-order valence-electron chi connectivity index (χ1n) is 10.3. The Balaban J connectivity index is 1.54. The van der Waals surface area contributed by atoms with Gasteiger partial charge in [0.1, 0.15) is 5.69 Å². The van der Waals surface area contributed by atoms with E-state index in [-0.39, 0.29) is 28.8 Å². The quantitative estimate of drug-likeness (QED) is 0.367. The second kappa shape index (κ2) is 8.87. The van der Waals surface area contributed by atoms with Crippen LogP contribution in [0.2, 0.25) is 0 Å². The number of hydrogen-bond acceptors (Lipinski definition) is 8. The molecule has 2 N–H and O–H groups in total. The second-order valence-corrected chi connectivity index (χ2v) is 7.41. The molecule has 0 aliphatic heterocycles. The number of hydrogen-bond donors (Lipinski definition) is 2. The minimum Gasteiger partial charge on any atom is -0.505 e. The number of nitrogens with zero attached hydrogens (tertiary/aromatic N) is 7. The predicted octanol–water partition coefficient (Wildman–Crippen LogP) is 4.89.